The van der Waals surface area contributed by atoms with Gasteiger partial charge < -0.3 is 4.42 Å². The highest BCUT2D eigenvalue weighted by Crippen LogP contribution is 2.38. The fraction of sp³-hybridized carbons (Fsp3) is 0. The van der Waals surface area contributed by atoms with Gasteiger partial charge in [-0.3, -0.25) is 0 Å². The normalized spacial score (nSPS) is 11.1. The van der Waals surface area contributed by atoms with Crippen LogP contribution in [0.3, 0.4) is 0 Å². The molecular formula is C46H28N4O. The zero-order valence-corrected chi connectivity index (χ0v) is 27.4. The van der Waals surface area contributed by atoms with E-state index in [0.29, 0.717) is 23.0 Å². The van der Waals surface area contributed by atoms with Gasteiger partial charge in [-0.05, 0) is 63.7 Å². The third kappa shape index (κ3) is 5.61. The van der Waals surface area contributed by atoms with Crippen molar-refractivity contribution in [2.75, 3.05) is 0 Å². The Labute approximate surface area is 294 Å². The monoisotopic (exact) mass is 652 g/mol. The maximum atomic E-state index is 9.59. The predicted molar refractivity (Wildman–Crippen MR) is 204 cm³/mol. The van der Waals surface area contributed by atoms with Gasteiger partial charge in [-0.25, -0.2) is 15.0 Å². The van der Waals surface area contributed by atoms with E-state index in [1.807, 2.05) is 91.0 Å². The molecule has 0 unspecified atom stereocenters. The summed E-state index contributed by atoms with van der Waals surface area (Å²) in [5.41, 5.74) is 11.2. The molecule has 9 aromatic rings. The molecule has 0 aliphatic heterocycles. The molecule has 0 atom stereocenters. The van der Waals surface area contributed by atoms with Gasteiger partial charge in [0, 0.05) is 27.5 Å². The number of aromatic nitrogens is 3. The molecule has 0 aliphatic rings. The first-order chi connectivity index (χ1) is 25.2. The Morgan fingerprint density at radius 1 is 0.392 bits per heavy atom. The van der Waals surface area contributed by atoms with Crippen LogP contribution < -0.4 is 0 Å². The molecule has 0 saturated carbocycles. The van der Waals surface area contributed by atoms with Crippen molar-refractivity contribution in [2.24, 2.45) is 0 Å². The lowest BCUT2D eigenvalue weighted by Gasteiger charge is -2.10. The van der Waals surface area contributed by atoms with Gasteiger partial charge in [-0.2, -0.15) is 5.26 Å². The summed E-state index contributed by atoms with van der Waals surface area (Å²) in [5.74, 6) is 1.74. The van der Waals surface area contributed by atoms with Gasteiger partial charge >= 0.3 is 0 Å². The largest absolute Gasteiger partial charge is 0.456 e. The van der Waals surface area contributed by atoms with Crippen LogP contribution in [0.2, 0.25) is 0 Å². The Balaban J connectivity index is 1.13. The van der Waals surface area contributed by atoms with E-state index in [1.54, 1.807) is 0 Å². The van der Waals surface area contributed by atoms with Gasteiger partial charge in [0.15, 0.2) is 17.5 Å². The Morgan fingerprint density at radius 2 is 0.922 bits per heavy atom. The van der Waals surface area contributed by atoms with E-state index in [2.05, 4.69) is 84.9 Å². The van der Waals surface area contributed by atoms with Crippen LogP contribution in [-0.2, 0) is 0 Å². The Morgan fingerprint density at radius 3 is 1.67 bits per heavy atom. The summed E-state index contributed by atoms with van der Waals surface area (Å²) in [7, 11) is 0. The number of fused-ring (bicyclic) bond motifs is 3. The maximum Gasteiger partial charge on any atom is 0.164 e. The van der Waals surface area contributed by atoms with Crippen LogP contribution in [0.15, 0.2) is 174 Å². The first-order valence-corrected chi connectivity index (χ1v) is 16.7. The molecule has 7 aromatic carbocycles. The van der Waals surface area contributed by atoms with E-state index >= 15 is 0 Å². The first-order valence-electron chi connectivity index (χ1n) is 16.7. The number of hydrogen-bond acceptors (Lipinski definition) is 5. The summed E-state index contributed by atoms with van der Waals surface area (Å²) in [5, 5.41) is 11.7. The smallest absolute Gasteiger partial charge is 0.164 e. The van der Waals surface area contributed by atoms with Gasteiger partial charge in [0.2, 0.25) is 0 Å². The van der Waals surface area contributed by atoms with E-state index in [4.69, 9.17) is 19.4 Å². The van der Waals surface area contributed by atoms with E-state index in [0.717, 1.165) is 72.0 Å². The van der Waals surface area contributed by atoms with Crippen LogP contribution in [0.5, 0.6) is 0 Å². The number of nitriles is 1. The maximum absolute atomic E-state index is 9.59. The third-order valence-corrected chi connectivity index (χ3v) is 9.21. The highest BCUT2D eigenvalue weighted by atomic mass is 16.3. The van der Waals surface area contributed by atoms with Gasteiger partial charge in [0.1, 0.15) is 11.2 Å². The summed E-state index contributed by atoms with van der Waals surface area (Å²) in [6.07, 6.45) is 0. The van der Waals surface area contributed by atoms with Gasteiger partial charge in [-0.1, -0.05) is 140 Å². The highest BCUT2D eigenvalue weighted by molar-refractivity contribution is 6.13. The van der Waals surface area contributed by atoms with Crippen molar-refractivity contribution < 1.29 is 4.42 Å². The standard InChI is InChI=1S/C46H28N4O/c47-29-37-15-7-8-18-38(37)32-23-21-30(22-24-32)34-16-9-17-35(27-34)45-48-44(33-13-5-2-6-14-33)49-46(50-45)36-25-26-40-42(28-36)51-41-20-10-19-39(43(40)41)31-11-3-1-4-12-31/h1-28H. The van der Waals surface area contributed by atoms with Gasteiger partial charge in [-0.15, -0.1) is 0 Å². The molecule has 238 valence electrons. The van der Waals surface area contributed by atoms with Crippen LogP contribution in [0.1, 0.15) is 5.56 Å². The fourth-order valence-corrected chi connectivity index (χ4v) is 6.69. The molecule has 2 heterocycles. The number of benzene rings is 7. The average Bonchev–Trinajstić information content (AvgIpc) is 3.60. The minimum Gasteiger partial charge on any atom is -0.456 e. The van der Waals surface area contributed by atoms with Crippen molar-refractivity contribution in [1.82, 2.24) is 15.0 Å². The molecule has 0 amide bonds. The Hall–Kier alpha value is -7.16. The summed E-state index contributed by atoms with van der Waals surface area (Å²) in [6, 6.07) is 59.3. The second-order valence-electron chi connectivity index (χ2n) is 12.3. The minimum atomic E-state index is 0.565. The first kappa shape index (κ1) is 29.9. The summed E-state index contributed by atoms with van der Waals surface area (Å²) in [4.78, 5) is 15.0. The summed E-state index contributed by atoms with van der Waals surface area (Å²) in [6.45, 7) is 0. The van der Waals surface area contributed by atoms with Crippen LogP contribution in [0, 0.1) is 11.3 Å². The quantitative estimate of drug-likeness (QED) is 0.179. The molecule has 0 radical (unpaired) electrons. The van der Waals surface area contributed by atoms with Crippen molar-refractivity contribution in [1.29, 1.82) is 5.26 Å². The lowest BCUT2D eigenvalue weighted by molar-refractivity contribution is 0.669. The number of hydrogen-bond donors (Lipinski definition) is 0. The second kappa shape index (κ2) is 12.7. The number of nitrogens with zero attached hydrogens (tertiary/aromatic N) is 4. The zero-order chi connectivity index (χ0) is 34.1. The van der Waals surface area contributed by atoms with Gasteiger partial charge in [0.25, 0.3) is 0 Å². The van der Waals surface area contributed by atoms with Crippen LogP contribution in [-0.4, -0.2) is 15.0 Å². The molecule has 0 saturated heterocycles. The molecule has 5 heteroatoms. The SMILES string of the molecule is N#Cc1ccccc1-c1ccc(-c2cccc(-c3nc(-c4ccccc4)nc(-c4ccc5c(c4)oc4cccc(-c6ccccc6)c45)n3)c2)cc1. The van der Waals surface area contributed by atoms with Gasteiger partial charge in [0.05, 0.1) is 11.6 Å². The summed E-state index contributed by atoms with van der Waals surface area (Å²) >= 11 is 0. The molecule has 51 heavy (non-hydrogen) atoms. The number of rotatable bonds is 6. The fourth-order valence-electron chi connectivity index (χ4n) is 6.69. The van der Waals surface area contributed by atoms with Crippen molar-refractivity contribution >= 4 is 21.9 Å². The predicted octanol–water partition coefficient (Wildman–Crippen LogP) is 11.6. The number of furan rings is 1. The Kier molecular flexibility index (Phi) is 7.46. The van der Waals surface area contributed by atoms with E-state index in [-0.39, 0.29) is 0 Å². The molecule has 5 nitrogen and oxygen atoms in total. The van der Waals surface area contributed by atoms with Crippen LogP contribution in [0.25, 0.3) is 89.5 Å². The average molecular weight is 653 g/mol. The van der Waals surface area contributed by atoms with Crippen molar-refractivity contribution in [3.05, 3.63) is 175 Å². The molecule has 0 aliphatic carbocycles. The zero-order valence-electron chi connectivity index (χ0n) is 27.4. The lowest BCUT2D eigenvalue weighted by Crippen LogP contribution is -2.00. The molecule has 0 bridgehead atoms. The molecule has 0 N–H and O–H groups in total. The van der Waals surface area contributed by atoms with Crippen molar-refractivity contribution in [3.63, 3.8) is 0 Å². The van der Waals surface area contributed by atoms with Crippen LogP contribution in [0.4, 0.5) is 0 Å². The molecule has 2 aromatic heterocycles. The van der Waals surface area contributed by atoms with E-state index in [9.17, 15) is 5.26 Å². The molecule has 9 rings (SSSR count). The minimum absolute atomic E-state index is 0.565. The van der Waals surface area contributed by atoms with Crippen molar-refractivity contribution in [2.45, 2.75) is 0 Å². The van der Waals surface area contributed by atoms with E-state index < -0.39 is 0 Å². The Bertz CT molecular complexity index is 2750. The molecular weight excluding hydrogens is 625 g/mol. The highest BCUT2D eigenvalue weighted by Gasteiger charge is 2.17. The topological polar surface area (TPSA) is 75.6 Å². The second-order valence-corrected chi connectivity index (χ2v) is 12.3. The van der Waals surface area contributed by atoms with E-state index in [1.165, 1.54) is 0 Å². The van der Waals surface area contributed by atoms with Crippen LogP contribution >= 0.6 is 0 Å². The summed E-state index contributed by atoms with van der Waals surface area (Å²) < 4.78 is 6.43. The molecule has 0 spiro atoms. The molecule has 0 fully saturated rings. The van der Waals surface area contributed by atoms with Crippen molar-refractivity contribution in [3.8, 4) is 73.6 Å². The third-order valence-electron chi connectivity index (χ3n) is 9.21. The lowest BCUT2D eigenvalue weighted by atomic mass is 9.97.